The summed E-state index contributed by atoms with van der Waals surface area (Å²) >= 11 is 13.2. The van der Waals surface area contributed by atoms with Crippen LogP contribution in [0, 0.1) is 79.6 Å². The van der Waals surface area contributed by atoms with Gasteiger partial charge in [0.05, 0.1) is 56.5 Å². The second-order valence-corrected chi connectivity index (χ2v) is 30.8. The lowest BCUT2D eigenvalue weighted by Gasteiger charge is -2.21. The van der Waals surface area contributed by atoms with E-state index in [-0.39, 0.29) is 19.1 Å². The highest BCUT2D eigenvalue weighted by Gasteiger charge is 2.47. The molecule has 0 aliphatic rings. The Morgan fingerprint density at radius 1 is 0.393 bits per heavy atom. The third-order valence-electron chi connectivity index (χ3n) is 12.9. The molecule has 0 fully saturated rings. The number of aromatic nitrogens is 10. The molecular formula is C75H98Br4F9N17O10S2+2. The molecule has 0 aliphatic heterocycles. The number of halogens is 13. The van der Waals surface area contributed by atoms with Gasteiger partial charge in [0, 0.05) is 123 Å². The number of pyridine rings is 10. The monoisotopic (exact) mass is 1940 g/mol. The molecule has 2 N–H and O–H groups in total. The van der Waals surface area contributed by atoms with Crippen molar-refractivity contribution in [1.82, 2.24) is 58.8 Å². The largest absolute Gasteiger partial charge is 0.523 e. The van der Waals surface area contributed by atoms with Crippen molar-refractivity contribution in [2.24, 2.45) is 0 Å². The zero-order chi connectivity index (χ0) is 89.4. The van der Waals surface area contributed by atoms with Gasteiger partial charge >= 0.3 is 42.9 Å². The summed E-state index contributed by atoms with van der Waals surface area (Å²) in [7, 11) is 10.8. The summed E-state index contributed by atoms with van der Waals surface area (Å²) in [6, 6.07) is 35.9. The molecule has 0 aromatic carbocycles. The molecule has 0 unspecified atom stereocenters. The van der Waals surface area contributed by atoms with Gasteiger partial charge in [-0.2, -0.15) is 56.3 Å². The first-order valence-electron chi connectivity index (χ1n) is 33.1. The van der Waals surface area contributed by atoms with Crippen LogP contribution >= 0.6 is 63.7 Å². The third-order valence-corrected chi connectivity index (χ3v) is 17.5. The maximum atomic E-state index is 12.2. The maximum Gasteiger partial charge on any atom is 0.523 e. The summed E-state index contributed by atoms with van der Waals surface area (Å²) in [6.45, 7) is 11.6. The van der Waals surface area contributed by atoms with Gasteiger partial charge in [-0.1, -0.05) is 71.1 Å². The van der Waals surface area contributed by atoms with Gasteiger partial charge in [-0.25, -0.2) is 39.9 Å². The van der Waals surface area contributed by atoms with Crippen LogP contribution in [0.2, 0.25) is 0 Å². The molecule has 0 spiro atoms. The Bertz CT molecular complexity index is 4580. The van der Waals surface area contributed by atoms with Crippen molar-refractivity contribution in [2.45, 2.75) is 81.3 Å². The molecule has 42 heteroatoms. The Kier molecular flexibility index (Phi) is 54.5. The third kappa shape index (κ3) is 51.5. The van der Waals surface area contributed by atoms with Crippen LogP contribution in [-0.4, -0.2) is 172 Å². The van der Waals surface area contributed by atoms with Crippen molar-refractivity contribution < 1.29 is 74.6 Å². The zero-order valence-electron chi connectivity index (χ0n) is 66.7. The van der Waals surface area contributed by atoms with Crippen LogP contribution in [0.4, 0.5) is 80.2 Å². The lowest BCUT2D eigenvalue weighted by Crippen LogP contribution is -2.35. The molecule has 0 saturated carbocycles. The van der Waals surface area contributed by atoms with E-state index < -0.39 is 58.9 Å². The normalized spacial score (nSPS) is 10.5. The number of nitrogens with zero attached hydrogens (tertiary/aromatic N) is 16. The zero-order valence-corrected chi connectivity index (χ0v) is 74.7. The Balaban J connectivity index is -0.00000121. The summed E-state index contributed by atoms with van der Waals surface area (Å²) in [5.74, 6) is 3.34. The SMILES string of the molecule is C.CN(C)c1cc(CBr)ccn1.COS(=O)(=O)C(F)(F)F.COS(=O)(=O)C(F)(F)F.C[N+](C)(C)c1cc(CBr)ccn1.Cc1ccnc(N(C)C)c1.Cc1ccnc(N)c1.Cc1ccnc([18F])c1.Cc1ccnc([18F])c1.Cc1ccnc([N+](=O)[O-])c1.Cc1ccnc([N+](C)(C)C)c1.O=[N+]([O-])c1cc(CBr)ccn1.[18F]c1cc(CBr)ccn1. The highest BCUT2D eigenvalue weighted by molar-refractivity contribution is 9.09. The standard InChI is InChI=1S/C9H14BrN2.C9H15N2.C8H11BrN2.C8H12N2.C6H5BrFN.C6H5BrN2O2.2C6H6FN.C6H6N2O2.C6H8N2.2C2H3F3O3S.CH4/c1-12(2,3)9-6-8(7-10)4-5-11-9;1-8-5-6-10-9(7-8)11(2,3)4;1-11(2)8-5-7(6-9)3-4-10-8;1-7-4-5-9-8(6-7)10(2)3;7-4-5-1-2-9-6(8)3-5;7-4-5-1-2-8-6(3-5)9(10)11;2*1-5-2-3-8-6(7)4-5;1-5-2-3-7-6(4-5)8(9)10;1-5-2-3-8-6(7)4-5;2*1-8-9(6,7)2(3,4)5;/h4-6H,7H2,1-3H3;5-7H,1-4H3;3-5H,6H2,1-2H3;4-6H,1-3H3;1-3H,4H2;1-3H,4H2;2*2-4H,1H3;2-4H,1H3;2-4H,1H3,(H2,7,8);2*1H3;1H4/q2*+1;;;;;;;;;;;/i;;;;8-1;;2*7-1;;;;;. The number of nitrogen functional groups attached to an aromatic ring is 1. The van der Waals surface area contributed by atoms with Crippen LogP contribution in [0.1, 0.15) is 63.1 Å². The van der Waals surface area contributed by atoms with Crippen LogP contribution < -0.4 is 24.5 Å². The number of alkyl halides is 10. The fourth-order valence-corrected chi connectivity index (χ4v) is 8.66. The molecule has 0 saturated heterocycles. The van der Waals surface area contributed by atoms with E-state index in [1.165, 1.54) is 83.6 Å². The van der Waals surface area contributed by atoms with Crippen LogP contribution in [0.3, 0.4) is 0 Å². The number of nitrogens with two attached hydrogens (primary N) is 1. The molecular weight excluding hydrogens is 1850 g/mol. The van der Waals surface area contributed by atoms with E-state index in [9.17, 15) is 76.6 Å². The average Bonchev–Trinajstić information content (AvgIpc) is 0.857. The fourth-order valence-electron chi connectivity index (χ4n) is 6.89. The van der Waals surface area contributed by atoms with Crippen molar-refractivity contribution in [3.8, 4) is 0 Å². The maximum absolute atomic E-state index is 12.2. The number of hydrogen-bond donors (Lipinski definition) is 1. The van der Waals surface area contributed by atoms with E-state index >= 15 is 0 Å². The highest BCUT2D eigenvalue weighted by atomic mass is 79.9. The molecule has 10 rings (SSSR count). The van der Waals surface area contributed by atoms with E-state index in [4.69, 9.17) is 5.73 Å². The Morgan fingerprint density at radius 3 is 0.906 bits per heavy atom. The first-order valence-corrected chi connectivity index (χ1v) is 40.4. The summed E-state index contributed by atoms with van der Waals surface area (Å²) in [5.41, 5.74) is 5.34. The van der Waals surface area contributed by atoms with Gasteiger partial charge in [0.25, 0.3) is 0 Å². The molecule has 10 aromatic heterocycles. The second-order valence-electron chi connectivity index (χ2n) is 25.2. The van der Waals surface area contributed by atoms with Gasteiger partial charge in [0.2, 0.25) is 29.5 Å². The van der Waals surface area contributed by atoms with E-state index in [0.29, 0.717) is 30.7 Å². The number of rotatable bonds is 12. The van der Waals surface area contributed by atoms with Crippen LogP contribution in [0.15, 0.2) is 183 Å². The molecule has 27 nitrogen and oxygen atoms in total. The highest BCUT2D eigenvalue weighted by Crippen LogP contribution is 2.25. The summed E-state index contributed by atoms with van der Waals surface area (Å²) in [5, 5.41) is 23.4. The Labute approximate surface area is 711 Å². The number of aryl methyl sites for hydroxylation is 6. The number of nitro groups is 2. The predicted octanol–water partition coefficient (Wildman–Crippen LogP) is 18.2. The first-order chi connectivity index (χ1) is 53.7. The van der Waals surface area contributed by atoms with Gasteiger partial charge in [-0.05, 0) is 214 Å². The lowest BCUT2D eigenvalue weighted by atomic mass is 10.3. The van der Waals surface area contributed by atoms with Crippen molar-refractivity contribution in [1.29, 1.82) is 0 Å². The predicted molar refractivity (Wildman–Crippen MR) is 457 cm³/mol. The number of quaternary nitrogens is 2. The van der Waals surface area contributed by atoms with Crippen molar-refractivity contribution in [2.75, 3.05) is 100 Å². The summed E-state index contributed by atoms with van der Waals surface area (Å²) in [4.78, 5) is 61.3. The molecule has 0 aliphatic carbocycles. The van der Waals surface area contributed by atoms with Crippen molar-refractivity contribution in [3.05, 3.63) is 277 Å². The van der Waals surface area contributed by atoms with Crippen molar-refractivity contribution >= 4 is 125 Å². The molecule has 117 heavy (non-hydrogen) atoms. The second kappa shape index (κ2) is 57.0. The Hall–Kier alpha value is -9.27. The molecule has 10 heterocycles. The fraction of sp³-hybridized carbons (Fsp3) is 0.333. The molecule has 0 bridgehead atoms. The topological polar surface area (TPSA) is 334 Å². The molecule has 644 valence electrons. The van der Waals surface area contributed by atoms with Crippen LogP contribution in [0.25, 0.3) is 0 Å². The van der Waals surface area contributed by atoms with Gasteiger partial charge in [0.1, 0.15) is 29.8 Å². The minimum Gasteiger partial charge on any atom is -0.384 e. The molecule has 0 atom stereocenters. The van der Waals surface area contributed by atoms with E-state index in [1.54, 1.807) is 43.5 Å². The van der Waals surface area contributed by atoms with E-state index in [0.717, 1.165) is 76.3 Å². The first kappa shape index (κ1) is 112. The molecule has 0 radical (unpaired) electrons. The van der Waals surface area contributed by atoms with Gasteiger partial charge < -0.3 is 35.8 Å². The van der Waals surface area contributed by atoms with E-state index in [1.807, 2.05) is 120 Å². The van der Waals surface area contributed by atoms with Crippen LogP contribution in [-0.2, 0) is 49.9 Å². The number of hydrogen-bond acceptors (Lipinski definition) is 23. The quantitative estimate of drug-likeness (QED) is 0.0173. The summed E-state index contributed by atoms with van der Waals surface area (Å²) < 4.78 is 150. The summed E-state index contributed by atoms with van der Waals surface area (Å²) in [6.07, 6.45) is 16.3. The molecule has 10 aromatic rings. The van der Waals surface area contributed by atoms with Crippen molar-refractivity contribution in [3.63, 3.8) is 0 Å². The molecule has 0 amide bonds. The number of anilines is 3. The van der Waals surface area contributed by atoms with Gasteiger partial charge in [0.15, 0.2) is 0 Å². The smallest absolute Gasteiger partial charge is 0.384 e. The van der Waals surface area contributed by atoms with E-state index in [2.05, 4.69) is 202 Å². The van der Waals surface area contributed by atoms with Gasteiger partial charge in [-0.3, -0.25) is 17.3 Å². The van der Waals surface area contributed by atoms with Crippen LogP contribution in [0.5, 0.6) is 0 Å². The average molecular weight is 1950 g/mol. The minimum absolute atomic E-state index is 0. The lowest BCUT2D eigenvalue weighted by molar-refractivity contribution is -0.389. The Morgan fingerprint density at radius 2 is 0.658 bits per heavy atom. The minimum atomic E-state index is -5.34. The van der Waals surface area contributed by atoms with Gasteiger partial charge in [-0.15, -0.1) is 0 Å².